The van der Waals surface area contributed by atoms with E-state index in [1.165, 1.54) is 16.4 Å². The zero-order valence-electron chi connectivity index (χ0n) is 16.3. The standard InChI is InChI=1S/C21H22ClN3O4S/c22-18-14-16(8-9-19(18)25-12-4-7-20(25)26)23-21(27)15-5-3-6-17(13-15)30(28,29)24-10-1-2-11-24/h3,5-6,8-9,13-14H,1-2,4,7,10-12H2,(H,23,27). The minimum absolute atomic E-state index is 0.0321. The van der Waals surface area contributed by atoms with E-state index in [-0.39, 0.29) is 16.4 Å². The Morgan fingerprint density at radius 1 is 1.00 bits per heavy atom. The summed E-state index contributed by atoms with van der Waals surface area (Å²) >= 11 is 6.33. The van der Waals surface area contributed by atoms with E-state index >= 15 is 0 Å². The average molecular weight is 448 g/mol. The zero-order valence-corrected chi connectivity index (χ0v) is 17.9. The number of nitrogens with one attached hydrogen (secondary N) is 1. The summed E-state index contributed by atoms with van der Waals surface area (Å²) in [5.74, 6) is -0.403. The molecular formula is C21H22ClN3O4S. The number of rotatable bonds is 5. The molecule has 2 aliphatic heterocycles. The fraction of sp³-hybridized carbons (Fsp3) is 0.333. The number of benzene rings is 2. The summed E-state index contributed by atoms with van der Waals surface area (Å²) < 4.78 is 26.9. The van der Waals surface area contributed by atoms with Crippen LogP contribution in [0.15, 0.2) is 47.4 Å². The second-order valence-corrected chi connectivity index (χ2v) is 9.75. The Labute approximate surface area is 180 Å². The second-order valence-electron chi connectivity index (χ2n) is 7.41. The number of anilines is 2. The number of hydrogen-bond acceptors (Lipinski definition) is 4. The summed E-state index contributed by atoms with van der Waals surface area (Å²) in [6.07, 6.45) is 2.99. The summed E-state index contributed by atoms with van der Waals surface area (Å²) in [7, 11) is -3.60. The highest BCUT2D eigenvalue weighted by Gasteiger charge is 2.28. The van der Waals surface area contributed by atoms with E-state index in [0.717, 1.165) is 19.3 Å². The van der Waals surface area contributed by atoms with E-state index in [4.69, 9.17) is 11.6 Å². The van der Waals surface area contributed by atoms with Crippen molar-refractivity contribution < 1.29 is 18.0 Å². The third kappa shape index (κ3) is 4.08. The molecule has 9 heteroatoms. The van der Waals surface area contributed by atoms with E-state index in [2.05, 4.69) is 5.32 Å². The van der Waals surface area contributed by atoms with Gasteiger partial charge in [-0.15, -0.1) is 0 Å². The molecule has 2 heterocycles. The van der Waals surface area contributed by atoms with Crippen molar-refractivity contribution >= 4 is 44.8 Å². The van der Waals surface area contributed by atoms with Gasteiger partial charge in [0.05, 0.1) is 15.6 Å². The van der Waals surface area contributed by atoms with Crippen molar-refractivity contribution in [3.8, 4) is 0 Å². The summed E-state index contributed by atoms with van der Waals surface area (Å²) in [6, 6.07) is 11.0. The van der Waals surface area contributed by atoms with Crippen molar-refractivity contribution in [2.75, 3.05) is 29.9 Å². The second kappa shape index (κ2) is 8.37. The van der Waals surface area contributed by atoms with Crippen LogP contribution in [-0.4, -0.2) is 44.2 Å². The van der Waals surface area contributed by atoms with Crippen molar-refractivity contribution in [3.05, 3.63) is 53.1 Å². The maximum Gasteiger partial charge on any atom is 0.255 e. The molecule has 2 saturated heterocycles. The number of nitrogens with zero attached hydrogens (tertiary/aromatic N) is 2. The van der Waals surface area contributed by atoms with Crippen molar-refractivity contribution in [1.29, 1.82) is 0 Å². The monoisotopic (exact) mass is 447 g/mol. The third-order valence-electron chi connectivity index (χ3n) is 5.37. The van der Waals surface area contributed by atoms with Gasteiger partial charge < -0.3 is 10.2 Å². The van der Waals surface area contributed by atoms with Gasteiger partial charge in [0.15, 0.2) is 0 Å². The first-order valence-electron chi connectivity index (χ1n) is 9.88. The molecular weight excluding hydrogens is 426 g/mol. The SMILES string of the molecule is O=C(Nc1ccc(N2CCCC2=O)c(Cl)c1)c1cccc(S(=O)(=O)N2CCCC2)c1. The lowest BCUT2D eigenvalue weighted by Crippen LogP contribution is -2.28. The topological polar surface area (TPSA) is 86.8 Å². The molecule has 7 nitrogen and oxygen atoms in total. The summed E-state index contributed by atoms with van der Waals surface area (Å²) in [6.45, 7) is 1.63. The first-order valence-corrected chi connectivity index (χ1v) is 11.7. The minimum Gasteiger partial charge on any atom is -0.322 e. The predicted molar refractivity (Wildman–Crippen MR) is 115 cm³/mol. The largest absolute Gasteiger partial charge is 0.322 e. The average Bonchev–Trinajstić information content (AvgIpc) is 3.41. The van der Waals surface area contributed by atoms with Crippen molar-refractivity contribution in [2.45, 2.75) is 30.6 Å². The Bertz CT molecular complexity index is 1100. The molecule has 2 amide bonds. The summed E-state index contributed by atoms with van der Waals surface area (Å²) in [5, 5.41) is 3.11. The lowest BCUT2D eigenvalue weighted by molar-refractivity contribution is -0.117. The molecule has 0 spiro atoms. The van der Waals surface area contributed by atoms with Crippen LogP contribution in [0, 0.1) is 0 Å². The van der Waals surface area contributed by atoms with Crippen LogP contribution < -0.4 is 10.2 Å². The lowest BCUT2D eigenvalue weighted by atomic mass is 10.2. The van der Waals surface area contributed by atoms with Crippen molar-refractivity contribution in [1.82, 2.24) is 4.31 Å². The Morgan fingerprint density at radius 3 is 2.43 bits per heavy atom. The fourth-order valence-corrected chi connectivity index (χ4v) is 5.63. The van der Waals surface area contributed by atoms with Crippen molar-refractivity contribution in [2.24, 2.45) is 0 Å². The normalized spacial score (nSPS) is 17.5. The Morgan fingerprint density at radius 2 is 1.77 bits per heavy atom. The van der Waals surface area contributed by atoms with E-state index in [0.29, 0.717) is 42.5 Å². The van der Waals surface area contributed by atoms with Gasteiger partial charge in [-0.25, -0.2) is 8.42 Å². The first-order chi connectivity index (χ1) is 14.4. The van der Waals surface area contributed by atoms with Gasteiger partial charge in [0, 0.05) is 37.3 Å². The van der Waals surface area contributed by atoms with Gasteiger partial charge in [-0.05, 0) is 55.7 Å². The Kier molecular flexibility index (Phi) is 5.81. The third-order valence-corrected chi connectivity index (χ3v) is 7.57. The van der Waals surface area contributed by atoms with Gasteiger partial charge in [-0.2, -0.15) is 4.31 Å². The molecule has 2 aromatic rings. The van der Waals surface area contributed by atoms with E-state index in [1.54, 1.807) is 35.2 Å². The van der Waals surface area contributed by atoms with Crippen LogP contribution in [0.2, 0.25) is 5.02 Å². The van der Waals surface area contributed by atoms with E-state index in [9.17, 15) is 18.0 Å². The van der Waals surface area contributed by atoms with Gasteiger partial charge in [0.25, 0.3) is 5.91 Å². The van der Waals surface area contributed by atoms with Gasteiger partial charge in [0.1, 0.15) is 0 Å². The quantitative estimate of drug-likeness (QED) is 0.759. The Balaban J connectivity index is 1.52. The van der Waals surface area contributed by atoms with Crippen LogP contribution in [0.1, 0.15) is 36.0 Å². The molecule has 0 unspecified atom stereocenters. The number of hydrogen-bond donors (Lipinski definition) is 1. The fourth-order valence-electron chi connectivity index (χ4n) is 3.79. The smallest absolute Gasteiger partial charge is 0.255 e. The van der Waals surface area contributed by atoms with Crippen molar-refractivity contribution in [3.63, 3.8) is 0 Å². The van der Waals surface area contributed by atoms with Gasteiger partial charge in [-0.3, -0.25) is 9.59 Å². The van der Waals surface area contributed by atoms with Crippen LogP contribution in [0.4, 0.5) is 11.4 Å². The highest BCUT2D eigenvalue weighted by atomic mass is 35.5. The van der Waals surface area contributed by atoms with Crippen LogP contribution in [-0.2, 0) is 14.8 Å². The molecule has 0 aliphatic carbocycles. The number of amides is 2. The minimum atomic E-state index is -3.60. The molecule has 1 N–H and O–H groups in total. The molecule has 158 valence electrons. The van der Waals surface area contributed by atoms with Crippen LogP contribution in [0.5, 0.6) is 0 Å². The van der Waals surface area contributed by atoms with E-state index in [1.807, 2.05) is 0 Å². The predicted octanol–water partition coefficient (Wildman–Crippen LogP) is 3.50. The van der Waals surface area contributed by atoms with Crippen LogP contribution in [0.3, 0.4) is 0 Å². The number of halogens is 1. The maximum atomic E-state index is 12.7. The zero-order chi connectivity index (χ0) is 21.3. The van der Waals surface area contributed by atoms with Gasteiger partial charge in [-0.1, -0.05) is 17.7 Å². The number of carbonyl (C=O) groups is 2. The molecule has 2 fully saturated rings. The van der Waals surface area contributed by atoms with E-state index < -0.39 is 15.9 Å². The lowest BCUT2D eigenvalue weighted by Gasteiger charge is -2.18. The highest BCUT2D eigenvalue weighted by Crippen LogP contribution is 2.32. The Hall–Kier alpha value is -2.42. The van der Waals surface area contributed by atoms with Gasteiger partial charge in [0.2, 0.25) is 15.9 Å². The molecule has 0 bridgehead atoms. The molecule has 2 aliphatic rings. The van der Waals surface area contributed by atoms with Gasteiger partial charge >= 0.3 is 0 Å². The molecule has 0 radical (unpaired) electrons. The molecule has 30 heavy (non-hydrogen) atoms. The molecule has 2 aromatic carbocycles. The number of carbonyl (C=O) groups excluding carboxylic acids is 2. The van der Waals surface area contributed by atoms with Crippen LogP contribution in [0.25, 0.3) is 0 Å². The molecule has 0 aromatic heterocycles. The summed E-state index contributed by atoms with van der Waals surface area (Å²) in [5.41, 5.74) is 1.33. The maximum absolute atomic E-state index is 12.7. The number of sulfonamides is 1. The highest BCUT2D eigenvalue weighted by molar-refractivity contribution is 7.89. The molecule has 4 rings (SSSR count). The molecule has 0 atom stereocenters. The molecule has 0 saturated carbocycles. The summed E-state index contributed by atoms with van der Waals surface area (Å²) in [4.78, 5) is 26.4. The van der Waals surface area contributed by atoms with Crippen LogP contribution >= 0.6 is 11.6 Å². The first kappa shape index (κ1) is 20.8.